The second-order valence-corrected chi connectivity index (χ2v) is 7.02. The van der Waals surface area contributed by atoms with Gasteiger partial charge in [-0.15, -0.1) is 0 Å². The van der Waals surface area contributed by atoms with Crippen molar-refractivity contribution in [3.05, 3.63) is 65.0 Å². The van der Waals surface area contributed by atoms with Crippen molar-refractivity contribution in [1.29, 1.82) is 0 Å². The number of halogens is 1. The molecule has 6 heteroatoms. The Labute approximate surface area is 160 Å². The van der Waals surface area contributed by atoms with E-state index in [9.17, 15) is 4.39 Å². The second-order valence-electron chi connectivity index (χ2n) is 7.02. The van der Waals surface area contributed by atoms with Crippen LogP contribution < -0.4 is 15.4 Å². The lowest BCUT2D eigenvalue weighted by Gasteiger charge is -2.16. The molecule has 0 aromatic heterocycles. The van der Waals surface area contributed by atoms with Crippen LogP contribution in [0.25, 0.3) is 0 Å². The number of aliphatic imine (C=N–C) groups is 1. The number of nitrogens with zero attached hydrogens (tertiary/aromatic N) is 2. The molecule has 3 rings (SSSR count). The van der Waals surface area contributed by atoms with Gasteiger partial charge in [-0.1, -0.05) is 24.3 Å². The highest BCUT2D eigenvalue weighted by Gasteiger charge is 2.22. The van der Waals surface area contributed by atoms with E-state index in [-0.39, 0.29) is 11.9 Å². The van der Waals surface area contributed by atoms with Gasteiger partial charge in [0.25, 0.3) is 0 Å². The van der Waals surface area contributed by atoms with Crippen LogP contribution in [0.3, 0.4) is 0 Å². The SMILES string of the molecule is CN=C(NCc1ccc(F)c(CN(C)C)c1)NCC1Cc2ccccc2O1. The number of nitrogens with one attached hydrogen (secondary N) is 2. The van der Waals surface area contributed by atoms with Gasteiger partial charge in [-0.05, 0) is 43.4 Å². The van der Waals surface area contributed by atoms with E-state index >= 15 is 0 Å². The highest BCUT2D eigenvalue weighted by molar-refractivity contribution is 5.79. The molecule has 0 amide bonds. The summed E-state index contributed by atoms with van der Waals surface area (Å²) in [5, 5.41) is 6.58. The standard InChI is InChI=1S/C21H27FN4O/c1-23-21(25-13-18-11-16-6-4-5-7-20(16)27-18)24-12-15-8-9-19(22)17(10-15)14-26(2)3/h4-10,18H,11-14H2,1-3H3,(H2,23,24,25). The third kappa shape index (κ3) is 5.20. The van der Waals surface area contributed by atoms with Crippen LogP contribution in [0.15, 0.2) is 47.5 Å². The maximum Gasteiger partial charge on any atom is 0.191 e. The molecule has 27 heavy (non-hydrogen) atoms. The Morgan fingerprint density at radius 3 is 2.78 bits per heavy atom. The molecule has 2 aromatic rings. The molecule has 0 aliphatic carbocycles. The van der Waals surface area contributed by atoms with Crippen molar-refractivity contribution in [2.75, 3.05) is 27.7 Å². The first-order valence-corrected chi connectivity index (χ1v) is 9.16. The summed E-state index contributed by atoms with van der Waals surface area (Å²) in [5.74, 6) is 1.49. The number of guanidine groups is 1. The highest BCUT2D eigenvalue weighted by Crippen LogP contribution is 2.27. The Morgan fingerprint density at radius 1 is 1.22 bits per heavy atom. The van der Waals surface area contributed by atoms with E-state index in [1.54, 1.807) is 13.1 Å². The molecule has 0 fully saturated rings. The fourth-order valence-corrected chi connectivity index (χ4v) is 3.18. The molecule has 0 radical (unpaired) electrons. The van der Waals surface area contributed by atoms with E-state index in [4.69, 9.17) is 4.74 Å². The van der Waals surface area contributed by atoms with E-state index in [1.165, 1.54) is 11.6 Å². The summed E-state index contributed by atoms with van der Waals surface area (Å²) in [4.78, 5) is 6.21. The van der Waals surface area contributed by atoms with Crippen molar-refractivity contribution >= 4 is 5.96 Å². The maximum absolute atomic E-state index is 13.9. The van der Waals surface area contributed by atoms with Gasteiger partial charge in [0, 0.05) is 32.1 Å². The maximum atomic E-state index is 13.9. The quantitative estimate of drug-likeness (QED) is 0.606. The molecular formula is C21H27FN4O. The molecular weight excluding hydrogens is 343 g/mol. The lowest BCUT2D eigenvalue weighted by Crippen LogP contribution is -2.41. The van der Waals surface area contributed by atoms with Gasteiger partial charge >= 0.3 is 0 Å². The first-order chi connectivity index (χ1) is 13.0. The van der Waals surface area contributed by atoms with Crippen molar-refractivity contribution in [1.82, 2.24) is 15.5 Å². The van der Waals surface area contributed by atoms with Crippen LogP contribution in [0.2, 0.25) is 0 Å². The van der Waals surface area contributed by atoms with Crippen LogP contribution >= 0.6 is 0 Å². The minimum Gasteiger partial charge on any atom is -0.488 e. The molecule has 0 saturated heterocycles. The summed E-state index contributed by atoms with van der Waals surface area (Å²) in [6.07, 6.45) is 0.991. The molecule has 2 aromatic carbocycles. The lowest BCUT2D eigenvalue weighted by atomic mass is 10.1. The highest BCUT2D eigenvalue weighted by atomic mass is 19.1. The van der Waals surface area contributed by atoms with Crippen molar-refractivity contribution < 1.29 is 9.13 Å². The van der Waals surface area contributed by atoms with Gasteiger partial charge in [0.15, 0.2) is 5.96 Å². The molecule has 0 spiro atoms. The van der Waals surface area contributed by atoms with E-state index in [0.29, 0.717) is 31.2 Å². The molecule has 144 valence electrons. The number of hydrogen-bond donors (Lipinski definition) is 2. The van der Waals surface area contributed by atoms with Crippen LogP contribution in [0, 0.1) is 5.82 Å². The Balaban J connectivity index is 1.50. The number of fused-ring (bicyclic) bond motifs is 1. The Hall–Kier alpha value is -2.60. The van der Waals surface area contributed by atoms with Crippen molar-refractivity contribution in [3.63, 3.8) is 0 Å². The molecule has 1 aliphatic rings. The fourth-order valence-electron chi connectivity index (χ4n) is 3.18. The Kier molecular flexibility index (Phi) is 6.29. The van der Waals surface area contributed by atoms with Crippen LogP contribution in [0.4, 0.5) is 4.39 Å². The zero-order valence-corrected chi connectivity index (χ0v) is 16.1. The minimum absolute atomic E-state index is 0.0958. The van der Waals surface area contributed by atoms with E-state index in [0.717, 1.165) is 17.7 Å². The van der Waals surface area contributed by atoms with Crippen molar-refractivity contribution in [2.24, 2.45) is 4.99 Å². The monoisotopic (exact) mass is 370 g/mol. The van der Waals surface area contributed by atoms with Crippen LogP contribution in [-0.2, 0) is 19.5 Å². The molecule has 0 saturated carbocycles. The summed E-state index contributed by atoms with van der Waals surface area (Å²) in [6.45, 7) is 1.82. The zero-order chi connectivity index (χ0) is 19.2. The molecule has 5 nitrogen and oxygen atoms in total. The Morgan fingerprint density at radius 2 is 2.04 bits per heavy atom. The number of para-hydroxylation sites is 1. The number of ether oxygens (including phenoxy) is 1. The average Bonchev–Trinajstić information content (AvgIpc) is 3.07. The van der Waals surface area contributed by atoms with E-state index in [1.807, 2.05) is 43.3 Å². The van der Waals surface area contributed by atoms with E-state index < -0.39 is 0 Å². The van der Waals surface area contributed by atoms with Crippen LogP contribution in [0.5, 0.6) is 5.75 Å². The topological polar surface area (TPSA) is 48.9 Å². The summed E-state index contributed by atoms with van der Waals surface area (Å²) < 4.78 is 19.8. The third-order valence-corrected chi connectivity index (χ3v) is 4.49. The van der Waals surface area contributed by atoms with Crippen LogP contribution in [-0.4, -0.2) is 44.7 Å². The van der Waals surface area contributed by atoms with Gasteiger partial charge in [0.2, 0.25) is 0 Å². The largest absolute Gasteiger partial charge is 0.488 e. The predicted octanol–water partition coefficient (Wildman–Crippen LogP) is 2.56. The molecule has 2 N–H and O–H groups in total. The predicted molar refractivity (Wildman–Crippen MR) is 107 cm³/mol. The van der Waals surface area contributed by atoms with Crippen molar-refractivity contribution in [3.8, 4) is 5.75 Å². The number of hydrogen-bond acceptors (Lipinski definition) is 3. The second kappa shape index (κ2) is 8.86. The lowest BCUT2D eigenvalue weighted by molar-refractivity contribution is 0.235. The molecule has 1 atom stereocenters. The minimum atomic E-state index is -0.173. The molecule has 1 aliphatic heterocycles. The van der Waals surface area contributed by atoms with Crippen LogP contribution in [0.1, 0.15) is 16.7 Å². The summed E-state index contributed by atoms with van der Waals surface area (Å²) in [5.41, 5.74) is 2.95. The molecule has 0 bridgehead atoms. The fraction of sp³-hybridized carbons (Fsp3) is 0.381. The number of benzene rings is 2. The average molecular weight is 370 g/mol. The van der Waals surface area contributed by atoms with Gasteiger partial charge < -0.3 is 20.3 Å². The Bertz CT molecular complexity index is 782. The third-order valence-electron chi connectivity index (χ3n) is 4.49. The first-order valence-electron chi connectivity index (χ1n) is 9.16. The first kappa shape index (κ1) is 19.2. The van der Waals surface area contributed by atoms with Gasteiger partial charge in [0.1, 0.15) is 17.7 Å². The summed E-state index contributed by atoms with van der Waals surface area (Å²) in [6, 6.07) is 13.3. The van der Waals surface area contributed by atoms with Gasteiger partial charge in [-0.3, -0.25) is 4.99 Å². The smallest absolute Gasteiger partial charge is 0.191 e. The van der Waals surface area contributed by atoms with Gasteiger partial charge in [0.05, 0.1) is 6.54 Å². The zero-order valence-electron chi connectivity index (χ0n) is 16.1. The van der Waals surface area contributed by atoms with Crippen molar-refractivity contribution in [2.45, 2.75) is 25.6 Å². The normalized spacial score (nSPS) is 16.2. The summed E-state index contributed by atoms with van der Waals surface area (Å²) >= 11 is 0. The number of rotatable bonds is 6. The molecule has 1 heterocycles. The van der Waals surface area contributed by atoms with Gasteiger partial charge in [-0.25, -0.2) is 4.39 Å². The molecule has 1 unspecified atom stereocenters. The van der Waals surface area contributed by atoms with Gasteiger partial charge in [-0.2, -0.15) is 0 Å². The van der Waals surface area contributed by atoms with E-state index in [2.05, 4.69) is 21.7 Å². The summed E-state index contributed by atoms with van der Waals surface area (Å²) in [7, 11) is 5.60.